The smallest absolute Gasteiger partial charge is 0.224 e. The third-order valence-electron chi connectivity index (χ3n) is 4.51. The van der Waals surface area contributed by atoms with Crippen molar-refractivity contribution in [2.24, 2.45) is 5.92 Å². The Balaban J connectivity index is 1.37. The molecule has 4 nitrogen and oxygen atoms in total. The van der Waals surface area contributed by atoms with Crippen molar-refractivity contribution in [3.8, 4) is 5.75 Å². The van der Waals surface area contributed by atoms with Gasteiger partial charge in [0, 0.05) is 6.54 Å². The number of carbonyl (C=O) groups is 1. The van der Waals surface area contributed by atoms with Crippen LogP contribution in [0.15, 0.2) is 54.6 Å². The van der Waals surface area contributed by atoms with Crippen molar-refractivity contribution in [2.45, 2.75) is 19.3 Å². The van der Waals surface area contributed by atoms with Crippen LogP contribution in [0.1, 0.15) is 24.0 Å². The van der Waals surface area contributed by atoms with Crippen molar-refractivity contribution >= 4 is 5.91 Å². The molecule has 2 N–H and O–H groups in total. The van der Waals surface area contributed by atoms with Gasteiger partial charge in [0.25, 0.3) is 0 Å². The van der Waals surface area contributed by atoms with Crippen LogP contribution in [0.4, 0.5) is 0 Å². The largest absolute Gasteiger partial charge is 0.492 e. The summed E-state index contributed by atoms with van der Waals surface area (Å²) in [6.45, 7) is 2.84. The molecular formula is C21H26N2O2. The minimum atomic E-state index is 0.103. The third-order valence-corrected chi connectivity index (χ3v) is 4.51. The first kappa shape index (κ1) is 17.5. The van der Waals surface area contributed by atoms with Gasteiger partial charge in [-0.05, 0) is 49.1 Å². The molecule has 0 spiro atoms. The molecule has 2 aromatic rings. The van der Waals surface area contributed by atoms with Crippen LogP contribution in [-0.2, 0) is 11.2 Å². The van der Waals surface area contributed by atoms with Crippen molar-refractivity contribution < 1.29 is 9.53 Å². The predicted molar refractivity (Wildman–Crippen MR) is 99.8 cm³/mol. The van der Waals surface area contributed by atoms with Gasteiger partial charge in [0.1, 0.15) is 12.4 Å². The monoisotopic (exact) mass is 338 g/mol. The first-order valence-corrected chi connectivity index (χ1v) is 9.05. The summed E-state index contributed by atoms with van der Waals surface area (Å²) in [7, 11) is 0. The Labute approximate surface area is 149 Å². The Morgan fingerprint density at radius 2 is 1.84 bits per heavy atom. The van der Waals surface area contributed by atoms with Gasteiger partial charge in [0.2, 0.25) is 5.91 Å². The van der Waals surface area contributed by atoms with Gasteiger partial charge in [0.15, 0.2) is 0 Å². The number of hydrogen-bond donors (Lipinski definition) is 2. The lowest BCUT2D eigenvalue weighted by molar-refractivity contribution is -0.125. The summed E-state index contributed by atoms with van der Waals surface area (Å²) in [5.74, 6) is 1.07. The molecule has 0 aromatic heterocycles. The number of nitrogens with one attached hydrogen (secondary N) is 2. The van der Waals surface area contributed by atoms with Gasteiger partial charge in [-0.15, -0.1) is 0 Å². The van der Waals surface area contributed by atoms with Crippen LogP contribution in [0.2, 0.25) is 0 Å². The Bertz CT molecular complexity index is 649. The van der Waals surface area contributed by atoms with E-state index in [0.717, 1.165) is 38.1 Å². The summed E-state index contributed by atoms with van der Waals surface area (Å²) in [5.41, 5.74) is 2.56. The maximum absolute atomic E-state index is 12.0. The predicted octanol–water partition coefficient (Wildman–Crippen LogP) is 2.77. The molecule has 0 aliphatic carbocycles. The standard InChI is InChI=1S/C21H26N2O2/c24-21(19-7-4-12-22-16-19)23-13-14-25-20-10-8-18(9-11-20)15-17-5-2-1-3-6-17/h1-3,5-6,8-11,19,22H,4,7,12-16H2,(H,23,24). The Hall–Kier alpha value is -2.33. The fourth-order valence-corrected chi connectivity index (χ4v) is 3.10. The summed E-state index contributed by atoms with van der Waals surface area (Å²) < 4.78 is 5.72. The summed E-state index contributed by atoms with van der Waals surface area (Å²) in [4.78, 5) is 12.0. The van der Waals surface area contributed by atoms with Gasteiger partial charge in [-0.1, -0.05) is 42.5 Å². The summed E-state index contributed by atoms with van der Waals surface area (Å²) in [6, 6.07) is 18.6. The Morgan fingerprint density at radius 1 is 1.08 bits per heavy atom. The molecule has 1 atom stereocenters. The summed E-state index contributed by atoms with van der Waals surface area (Å²) in [5, 5.41) is 6.23. The van der Waals surface area contributed by atoms with Gasteiger partial charge >= 0.3 is 0 Å². The number of hydrogen-bond acceptors (Lipinski definition) is 3. The lowest BCUT2D eigenvalue weighted by Gasteiger charge is -2.21. The van der Waals surface area contributed by atoms with E-state index in [1.807, 2.05) is 18.2 Å². The van der Waals surface area contributed by atoms with Crippen molar-refractivity contribution in [3.63, 3.8) is 0 Å². The van der Waals surface area contributed by atoms with E-state index in [1.54, 1.807) is 0 Å². The second-order valence-electron chi connectivity index (χ2n) is 6.49. The van der Waals surface area contributed by atoms with Crippen molar-refractivity contribution in [1.82, 2.24) is 10.6 Å². The van der Waals surface area contributed by atoms with E-state index in [-0.39, 0.29) is 11.8 Å². The van der Waals surface area contributed by atoms with E-state index >= 15 is 0 Å². The maximum Gasteiger partial charge on any atom is 0.224 e. The molecule has 4 heteroatoms. The van der Waals surface area contributed by atoms with Crippen LogP contribution >= 0.6 is 0 Å². The van der Waals surface area contributed by atoms with Gasteiger partial charge < -0.3 is 15.4 Å². The van der Waals surface area contributed by atoms with E-state index in [2.05, 4.69) is 47.0 Å². The second kappa shape index (κ2) is 9.23. The van der Waals surface area contributed by atoms with Crippen LogP contribution < -0.4 is 15.4 Å². The van der Waals surface area contributed by atoms with E-state index in [1.165, 1.54) is 11.1 Å². The van der Waals surface area contributed by atoms with Crippen LogP contribution in [0.3, 0.4) is 0 Å². The highest BCUT2D eigenvalue weighted by Crippen LogP contribution is 2.15. The lowest BCUT2D eigenvalue weighted by Crippen LogP contribution is -2.41. The molecule has 1 unspecified atom stereocenters. The highest BCUT2D eigenvalue weighted by molar-refractivity contribution is 5.78. The average Bonchev–Trinajstić information content (AvgIpc) is 2.68. The minimum absolute atomic E-state index is 0.103. The van der Waals surface area contributed by atoms with Crippen molar-refractivity contribution in [3.05, 3.63) is 65.7 Å². The summed E-state index contributed by atoms with van der Waals surface area (Å²) in [6.07, 6.45) is 2.97. The molecule has 132 valence electrons. The van der Waals surface area contributed by atoms with Gasteiger partial charge in [-0.2, -0.15) is 0 Å². The first-order chi connectivity index (χ1) is 12.3. The van der Waals surface area contributed by atoms with Gasteiger partial charge in [0.05, 0.1) is 12.5 Å². The van der Waals surface area contributed by atoms with E-state index in [9.17, 15) is 4.79 Å². The fraction of sp³-hybridized carbons (Fsp3) is 0.381. The molecule has 0 radical (unpaired) electrons. The van der Waals surface area contributed by atoms with Crippen molar-refractivity contribution in [2.75, 3.05) is 26.2 Å². The average molecular weight is 338 g/mol. The molecule has 1 fully saturated rings. The van der Waals surface area contributed by atoms with Gasteiger partial charge in [-0.25, -0.2) is 0 Å². The van der Waals surface area contributed by atoms with E-state index in [0.29, 0.717) is 13.2 Å². The van der Waals surface area contributed by atoms with Crippen LogP contribution in [0.5, 0.6) is 5.75 Å². The molecule has 3 rings (SSSR count). The van der Waals surface area contributed by atoms with Crippen LogP contribution in [0, 0.1) is 5.92 Å². The molecule has 1 saturated heterocycles. The zero-order valence-corrected chi connectivity index (χ0v) is 14.5. The van der Waals surface area contributed by atoms with E-state index in [4.69, 9.17) is 4.74 Å². The number of amides is 1. The number of carbonyl (C=O) groups excluding carboxylic acids is 1. The minimum Gasteiger partial charge on any atom is -0.492 e. The zero-order chi connectivity index (χ0) is 17.3. The normalized spacial score (nSPS) is 17.0. The third kappa shape index (κ3) is 5.61. The maximum atomic E-state index is 12.0. The van der Waals surface area contributed by atoms with E-state index < -0.39 is 0 Å². The summed E-state index contributed by atoms with van der Waals surface area (Å²) >= 11 is 0. The van der Waals surface area contributed by atoms with Crippen LogP contribution in [0.25, 0.3) is 0 Å². The highest BCUT2D eigenvalue weighted by Gasteiger charge is 2.20. The number of rotatable bonds is 7. The van der Waals surface area contributed by atoms with Gasteiger partial charge in [-0.3, -0.25) is 4.79 Å². The lowest BCUT2D eigenvalue weighted by atomic mass is 9.99. The second-order valence-corrected chi connectivity index (χ2v) is 6.49. The topological polar surface area (TPSA) is 50.4 Å². The molecule has 1 heterocycles. The molecule has 25 heavy (non-hydrogen) atoms. The fourth-order valence-electron chi connectivity index (χ4n) is 3.10. The number of benzene rings is 2. The van der Waals surface area contributed by atoms with Crippen LogP contribution in [-0.4, -0.2) is 32.1 Å². The Kier molecular flexibility index (Phi) is 6.46. The Morgan fingerprint density at radius 3 is 2.56 bits per heavy atom. The quantitative estimate of drug-likeness (QED) is 0.763. The molecule has 1 aliphatic rings. The molecule has 1 aliphatic heterocycles. The molecule has 0 saturated carbocycles. The molecule has 1 amide bonds. The highest BCUT2D eigenvalue weighted by atomic mass is 16.5. The molecule has 0 bridgehead atoms. The zero-order valence-electron chi connectivity index (χ0n) is 14.5. The number of piperidine rings is 1. The molecule has 2 aromatic carbocycles. The number of ether oxygens (including phenoxy) is 1. The van der Waals surface area contributed by atoms with Crippen molar-refractivity contribution in [1.29, 1.82) is 0 Å². The SMILES string of the molecule is O=C(NCCOc1ccc(Cc2ccccc2)cc1)C1CCCNC1. The molecular weight excluding hydrogens is 312 g/mol. The first-order valence-electron chi connectivity index (χ1n) is 9.05.